The van der Waals surface area contributed by atoms with Gasteiger partial charge in [-0.1, -0.05) is 304 Å². The van der Waals surface area contributed by atoms with Crippen LogP contribution in [0.3, 0.4) is 0 Å². The lowest BCUT2D eigenvalue weighted by Crippen LogP contribution is -2.30. The summed E-state index contributed by atoms with van der Waals surface area (Å²) in [6.07, 6.45) is 48.4. The number of hydrogen-bond donors (Lipinski definition) is 3. The molecule has 17 nitrogen and oxygen atoms in total. The molecule has 0 aliphatic heterocycles. The normalized spacial score (nSPS) is 14.1. The summed E-state index contributed by atoms with van der Waals surface area (Å²) in [4.78, 5) is 72.4. The van der Waals surface area contributed by atoms with Crippen LogP contribution in [0.15, 0.2) is 0 Å². The molecule has 0 spiro atoms. The molecule has 0 bridgehead atoms. The number of ether oxygens (including phenoxy) is 4. The van der Waals surface area contributed by atoms with Gasteiger partial charge in [0.25, 0.3) is 0 Å². The van der Waals surface area contributed by atoms with Crippen LogP contribution in [-0.4, -0.2) is 96.7 Å². The molecular formula is C69H134O17P2. The van der Waals surface area contributed by atoms with Gasteiger partial charge in [0.1, 0.15) is 19.3 Å². The maximum absolute atomic E-state index is 13.0. The van der Waals surface area contributed by atoms with Gasteiger partial charge in [0.2, 0.25) is 0 Å². The standard InChI is InChI=1S/C69H134O17P2/c1-6-9-12-15-18-21-23-25-29-33-38-43-48-53-67(72)80-59-65(86-69(74)55-50-45-40-35-31-27-28-32-36-41-46-51-62(4)5)61-84-88(77,78)82-57-63(70)56-81-87(75,76)83-60-64(58-79-66(71)52-47-42-37-20-17-14-11-8-3)85-68(73)54-49-44-39-34-30-26-24-22-19-16-13-10-7-2/h62-65,70H,6-61H2,1-5H3,(H,75,76)(H,77,78)/t63-,64+,65+/m0/s1. The molecule has 0 rings (SSSR count). The zero-order valence-electron chi connectivity index (χ0n) is 56.9. The topological polar surface area (TPSA) is 237 Å². The molecule has 0 saturated carbocycles. The maximum atomic E-state index is 13.0. The molecule has 0 saturated heterocycles. The molecule has 19 heteroatoms. The van der Waals surface area contributed by atoms with Crippen LogP contribution in [0.4, 0.5) is 0 Å². The first kappa shape index (κ1) is 86.1. The highest BCUT2D eigenvalue weighted by Gasteiger charge is 2.30. The van der Waals surface area contributed by atoms with Crippen molar-refractivity contribution in [2.45, 2.75) is 374 Å². The Hall–Kier alpha value is -1.94. The van der Waals surface area contributed by atoms with Crippen LogP contribution in [0.25, 0.3) is 0 Å². The quantitative estimate of drug-likeness (QED) is 0.0222. The second-order valence-electron chi connectivity index (χ2n) is 25.4. The minimum atomic E-state index is -4.95. The van der Waals surface area contributed by atoms with Gasteiger partial charge in [-0.15, -0.1) is 0 Å². The third kappa shape index (κ3) is 62.8. The monoisotopic (exact) mass is 1300 g/mol. The molecule has 0 heterocycles. The van der Waals surface area contributed by atoms with Crippen molar-refractivity contribution in [3.63, 3.8) is 0 Å². The Balaban J connectivity index is 5.23. The van der Waals surface area contributed by atoms with Crippen LogP contribution in [0.2, 0.25) is 0 Å². The van der Waals surface area contributed by atoms with Crippen molar-refractivity contribution in [1.29, 1.82) is 0 Å². The Morgan fingerprint density at radius 3 is 0.773 bits per heavy atom. The van der Waals surface area contributed by atoms with Crippen LogP contribution < -0.4 is 0 Å². The second kappa shape index (κ2) is 62.5. The van der Waals surface area contributed by atoms with E-state index >= 15 is 0 Å². The van der Waals surface area contributed by atoms with E-state index in [0.717, 1.165) is 102 Å². The van der Waals surface area contributed by atoms with E-state index in [1.807, 2.05) is 0 Å². The molecule has 88 heavy (non-hydrogen) atoms. The molecule has 522 valence electrons. The predicted molar refractivity (Wildman–Crippen MR) is 354 cm³/mol. The molecule has 0 fully saturated rings. The summed E-state index contributed by atoms with van der Waals surface area (Å²) in [5, 5.41) is 10.6. The van der Waals surface area contributed by atoms with E-state index in [0.29, 0.717) is 25.7 Å². The van der Waals surface area contributed by atoms with E-state index in [4.69, 9.17) is 37.0 Å². The minimum absolute atomic E-state index is 0.107. The molecule has 0 aromatic rings. The number of carbonyl (C=O) groups excluding carboxylic acids is 4. The summed E-state index contributed by atoms with van der Waals surface area (Å²) >= 11 is 0. The number of phosphoric ester groups is 2. The first-order valence-corrected chi connectivity index (χ1v) is 39.1. The molecule has 3 N–H and O–H groups in total. The third-order valence-corrected chi connectivity index (χ3v) is 17.9. The Kier molecular flexibility index (Phi) is 61.1. The van der Waals surface area contributed by atoms with E-state index in [9.17, 15) is 43.2 Å². The number of esters is 4. The molecular weight excluding hydrogens is 1160 g/mol. The molecule has 0 aromatic heterocycles. The number of carbonyl (C=O) groups is 4. The average Bonchev–Trinajstić information content (AvgIpc) is 3.51. The molecule has 5 atom stereocenters. The lowest BCUT2D eigenvalue weighted by atomic mass is 10.0. The summed E-state index contributed by atoms with van der Waals surface area (Å²) in [6.45, 7) is 7.22. The molecule has 0 aromatic carbocycles. The van der Waals surface area contributed by atoms with Gasteiger partial charge >= 0.3 is 39.5 Å². The van der Waals surface area contributed by atoms with Gasteiger partial charge in [-0.2, -0.15) is 0 Å². The molecule has 0 amide bonds. The summed E-state index contributed by atoms with van der Waals surface area (Å²) < 4.78 is 68.2. The number of hydrogen-bond acceptors (Lipinski definition) is 15. The Labute approximate surface area is 537 Å². The summed E-state index contributed by atoms with van der Waals surface area (Å²) in [6, 6.07) is 0. The van der Waals surface area contributed by atoms with Gasteiger partial charge in [-0.3, -0.25) is 37.3 Å². The number of aliphatic hydroxyl groups is 1. The van der Waals surface area contributed by atoms with Gasteiger partial charge in [0.15, 0.2) is 12.2 Å². The molecule has 2 unspecified atom stereocenters. The smallest absolute Gasteiger partial charge is 0.462 e. The van der Waals surface area contributed by atoms with Crippen LogP contribution in [0, 0.1) is 5.92 Å². The van der Waals surface area contributed by atoms with E-state index in [1.165, 1.54) is 173 Å². The van der Waals surface area contributed by atoms with Crippen LogP contribution in [-0.2, 0) is 65.4 Å². The van der Waals surface area contributed by atoms with Gasteiger partial charge in [0.05, 0.1) is 26.4 Å². The highest BCUT2D eigenvalue weighted by atomic mass is 31.2. The van der Waals surface area contributed by atoms with Gasteiger partial charge in [0, 0.05) is 25.7 Å². The fourth-order valence-corrected chi connectivity index (χ4v) is 12.0. The number of rotatable bonds is 69. The highest BCUT2D eigenvalue weighted by molar-refractivity contribution is 7.47. The van der Waals surface area contributed by atoms with Crippen molar-refractivity contribution >= 4 is 39.5 Å². The minimum Gasteiger partial charge on any atom is -0.462 e. The Morgan fingerprint density at radius 1 is 0.307 bits per heavy atom. The maximum Gasteiger partial charge on any atom is 0.472 e. The first-order chi connectivity index (χ1) is 42.5. The van der Waals surface area contributed by atoms with E-state index in [-0.39, 0.29) is 25.7 Å². The summed E-state index contributed by atoms with van der Waals surface area (Å²) in [7, 11) is -9.89. The van der Waals surface area contributed by atoms with Crippen molar-refractivity contribution in [2.75, 3.05) is 39.6 Å². The van der Waals surface area contributed by atoms with Crippen molar-refractivity contribution < 1.29 is 80.2 Å². The van der Waals surface area contributed by atoms with Gasteiger partial charge in [-0.05, 0) is 31.6 Å². The van der Waals surface area contributed by atoms with Crippen LogP contribution in [0.1, 0.15) is 356 Å². The van der Waals surface area contributed by atoms with Crippen molar-refractivity contribution in [2.24, 2.45) is 5.92 Å². The van der Waals surface area contributed by atoms with E-state index in [1.54, 1.807) is 0 Å². The Bertz CT molecular complexity index is 1700. The van der Waals surface area contributed by atoms with E-state index < -0.39 is 97.5 Å². The molecule has 0 aliphatic carbocycles. The molecule has 0 aliphatic rings. The largest absolute Gasteiger partial charge is 0.472 e. The fourth-order valence-electron chi connectivity index (χ4n) is 10.5. The van der Waals surface area contributed by atoms with Gasteiger partial charge < -0.3 is 33.8 Å². The van der Waals surface area contributed by atoms with Crippen molar-refractivity contribution in [3.8, 4) is 0 Å². The summed E-state index contributed by atoms with van der Waals surface area (Å²) in [5.41, 5.74) is 0. The van der Waals surface area contributed by atoms with Crippen LogP contribution in [0.5, 0.6) is 0 Å². The SMILES string of the molecule is CCCCCCCCCCCCCCCC(=O)OC[C@H](COP(=O)(O)OC[C@@H](O)COP(=O)(O)OC[C@@H](COC(=O)CCCCCCCCCC)OC(=O)CCCCCCCCCCCCCCC)OC(=O)CCCCCCCCCCCCCC(C)C. The highest BCUT2D eigenvalue weighted by Crippen LogP contribution is 2.45. The van der Waals surface area contributed by atoms with Crippen molar-refractivity contribution in [3.05, 3.63) is 0 Å². The van der Waals surface area contributed by atoms with Gasteiger partial charge in [-0.25, -0.2) is 9.13 Å². The van der Waals surface area contributed by atoms with Crippen LogP contribution >= 0.6 is 15.6 Å². The first-order valence-electron chi connectivity index (χ1n) is 36.1. The molecule has 0 radical (unpaired) electrons. The predicted octanol–water partition coefficient (Wildman–Crippen LogP) is 19.7. The zero-order valence-corrected chi connectivity index (χ0v) is 58.6. The Morgan fingerprint density at radius 2 is 0.523 bits per heavy atom. The fraction of sp³-hybridized carbons (Fsp3) is 0.942. The number of unbranched alkanes of at least 4 members (excludes halogenated alkanes) is 41. The number of phosphoric acid groups is 2. The summed E-state index contributed by atoms with van der Waals surface area (Å²) in [5.74, 6) is -1.36. The number of aliphatic hydroxyl groups excluding tert-OH is 1. The zero-order chi connectivity index (χ0) is 64.9. The average molecular weight is 1300 g/mol. The third-order valence-electron chi connectivity index (χ3n) is 16.0. The van der Waals surface area contributed by atoms with E-state index in [2.05, 4.69) is 34.6 Å². The second-order valence-corrected chi connectivity index (χ2v) is 28.3. The lowest BCUT2D eigenvalue weighted by Gasteiger charge is -2.21. The lowest BCUT2D eigenvalue weighted by molar-refractivity contribution is -0.161. The van der Waals surface area contributed by atoms with Crippen molar-refractivity contribution in [1.82, 2.24) is 0 Å².